The van der Waals surface area contributed by atoms with Gasteiger partial charge in [0, 0.05) is 41.0 Å². The maximum atomic E-state index is 12.4. The van der Waals surface area contributed by atoms with Crippen molar-refractivity contribution in [3.8, 4) is 0 Å². The van der Waals surface area contributed by atoms with Crippen LogP contribution < -0.4 is 5.73 Å². The van der Waals surface area contributed by atoms with E-state index < -0.39 is 10.8 Å². The van der Waals surface area contributed by atoms with Gasteiger partial charge in [-0.2, -0.15) is 0 Å². The molecule has 0 bridgehead atoms. The Balaban J connectivity index is 2.15. The number of rotatable bonds is 3. The first-order chi connectivity index (χ1) is 8.72. The second-order valence-corrected chi connectivity index (χ2v) is 6.03. The SMILES string of the molecule is NCCc1ccccc1C(=O)N1CCS(=O)CC1. The molecule has 18 heavy (non-hydrogen) atoms. The Kier molecular flexibility index (Phi) is 4.49. The first-order valence-corrected chi connectivity index (χ1v) is 7.63. The highest BCUT2D eigenvalue weighted by Gasteiger charge is 2.22. The van der Waals surface area contributed by atoms with Crippen molar-refractivity contribution in [1.29, 1.82) is 0 Å². The van der Waals surface area contributed by atoms with E-state index in [9.17, 15) is 9.00 Å². The van der Waals surface area contributed by atoms with Gasteiger partial charge in [0.2, 0.25) is 0 Å². The fourth-order valence-electron chi connectivity index (χ4n) is 2.11. The smallest absolute Gasteiger partial charge is 0.254 e. The van der Waals surface area contributed by atoms with Gasteiger partial charge in [0.05, 0.1) is 0 Å². The van der Waals surface area contributed by atoms with Crippen LogP contribution in [0.15, 0.2) is 24.3 Å². The molecule has 1 aliphatic rings. The summed E-state index contributed by atoms with van der Waals surface area (Å²) >= 11 is 0. The topological polar surface area (TPSA) is 63.4 Å². The van der Waals surface area contributed by atoms with Gasteiger partial charge in [-0.15, -0.1) is 0 Å². The lowest BCUT2D eigenvalue weighted by Gasteiger charge is -2.27. The van der Waals surface area contributed by atoms with E-state index in [2.05, 4.69) is 0 Å². The molecule has 1 fully saturated rings. The van der Waals surface area contributed by atoms with Crippen LogP contribution in [0.5, 0.6) is 0 Å². The van der Waals surface area contributed by atoms with E-state index in [1.54, 1.807) is 4.90 Å². The van der Waals surface area contributed by atoms with Crippen LogP contribution in [0.3, 0.4) is 0 Å². The predicted octanol–water partition coefficient (Wildman–Crippen LogP) is 0.392. The molecular weight excluding hydrogens is 248 g/mol. The fourth-order valence-corrected chi connectivity index (χ4v) is 3.17. The van der Waals surface area contributed by atoms with Crippen molar-refractivity contribution in [3.05, 3.63) is 35.4 Å². The van der Waals surface area contributed by atoms with Gasteiger partial charge in [0.1, 0.15) is 0 Å². The monoisotopic (exact) mass is 266 g/mol. The molecule has 98 valence electrons. The van der Waals surface area contributed by atoms with Crippen LogP contribution in [0.25, 0.3) is 0 Å². The zero-order valence-electron chi connectivity index (χ0n) is 10.3. The Hall–Kier alpha value is -1.20. The molecule has 0 aromatic heterocycles. The summed E-state index contributed by atoms with van der Waals surface area (Å²) < 4.78 is 11.3. The van der Waals surface area contributed by atoms with Gasteiger partial charge in [0.25, 0.3) is 5.91 Å². The Labute approximate surface area is 110 Å². The van der Waals surface area contributed by atoms with Gasteiger partial charge >= 0.3 is 0 Å². The molecule has 0 aliphatic carbocycles. The summed E-state index contributed by atoms with van der Waals surface area (Å²) in [6.07, 6.45) is 0.710. The van der Waals surface area contributed by atoms with Gasteiger partial charge in [0.15, 0.2) is 0 Å². The molecule has 1 heterocycles. The summed E-state index contributed by atoms with van der Waals surface area (Å²) in [5, 5.41) is 0. The van der Waals surface area contributed by atoms with Gasteiger partial charge in [-0.05, 0) is 24.6 Å². The lowest BCUT2D eigenvalue weighted by atomic mass is 10.0. The van der Waals surface area contributed by atoms with Crippen molar-refractivity contribution in [1.82, 2.24) is 4.90 Å². The normalized spacial score (nSPS) is 16.8. The first kappa shape index (κ1) is 13.2. The average molecular weight is 266 g/mol. The van der Waals surface area contributed by atoms with Crippen LogP contribution in [0.1, 0.15) is 15.9 Å². The van der Waals surface area contributed by atoms with Gasteiger partial charge in [-0.25, -0.2) is 0 Å². The molecule has 0 unspecified atom stereocenters. The van der Waals surface area contributed by atoms with E-state index in [4.69, 9.17) is 5.73 Å². The molecule has 2 rings (SSSR count). The molecule has 1 aliphatic heterocycles. The number of nitrogens with zero attached hydrogens (tertiary/aromatic N) is 1. The average Bonchev–Trinajstić information content (AvgIpc) is 2.40. The number of amides is 1. The quantitative estimate of drug-likeness (QED) is 0.861. The minimum Gasteiger partial charge on any atom is -0.337 e. The first-order valence-electron chi connectivity index (χ1n) is 6.14. The summed E-state index contributed by atoms with van der Waals surface area (Å²) in [7, 11) is -0.756. The lowest BCUT2D eigenvalue weighted by molar-refractivity contribution is 0.0770. The van der Waals surface area contributed by atoms with Gasteiger partial charge < -0.3 is 10.6 Å². The van der Waals surface area contributed by atoms with E-state index >= 15 is 0 Å². The van der Waals surface area contributed by atoms with E-state index in [0.717, 1.165) is 11.1 Å². The minimum absolute atomic E-state index is 0.0377. The highest BCUT2D eigenvalue weighted by atomic mass is 32.2. The van der Waals surface area contributed by atoms with Crippen molar-refractivity contribution in [3.63, 3.8) is 0 Å². The minimum atomic E-state index is -0.756. The molecule has 0 atom stereocenters. The molecule has 1 amide bonds. The Morgan fingerprint density at radius 1 is 1.28 bits per heavy atom. The predicted molar refractivity (Wildman–Crippen MR) is 73.0 cm³/mol. The summed E-state index contributed by atoms with van der Waals surface area (Å²) in [5.74, 6) is 1.21. The second-order valence-electron chi connectivity index (χ2n) is 4.34. The van der Waals surface area contributed by atoms with E-state index in [1.165, 1.54) is 0 Å². The number of hydrogen-bond donors (Lipinski definition) is 1. The van der Waals surface area contributed by atoms with E-state index in [-0.39, 0.29) is 5.91 Å². The summed E-state index contributed by atoms with van der Waals surface area (Å²) in [5.41, 5.74) is 7.29. The van der Waals surface area contributed by atoms with Crippen LogP contribution in [0.4, 0.5) is 0 Å². The third-order valence-electron chi connectivity index (χ3n) is 3.13. The van der Waals surface area contributed by atoms with Crippen LogP contribution in [-0.2, 0) is 17.2 Å². The molecule has 1 aromatic rings. The van der Waals surface area contributed by atoms with Crippen molar-refractivity contribution < 1.29 is 9.00 Å². The molecule has 0 radical (unpaired) electrons. The molecule has 0 saturated carbocycles. The number of carbonyl (C=O) groups excluding carboxylic acids is 1. The van der Waals surface area contributed by atoms with Crippen molar-refractivity contribution in [2.45, 2.75) is 6.42 Å². The third kappa shape index (κ3) is 2.97. The number of nitrogens with two attached hydrogens (primary N) is 1. The zero-order valence-corrected chi connectivity index (χ0v) is 11.1. The number of benzene rings is 1. The lowest BCUT2D eigenvalue weighted by Crippen LogP contribution is -2.42. The van der Waals surface area contributed by atoms with Crippen molar-refractivity contribution >= 4 is 16.7 Å². The molecular formula is C13H18N2O2S. The summed E-state index contributed by atoms with van der Waals surface area (Å²) in [6, 6.07) is 7.59. The maximum Gasteiger partial charge on any atom is 0.254 e. The Morgan fingerprint density at radius 2 is 1.94 bits per heavy atom. The van der Waals surface area contributed by atoms with E-state index in [1.807, 2.05) is 24.3 Å². The zero-order chi connectivity index (χ0) is 13.0. The summed E-state index contributed by atoms with van der Waals surface area (Å²) in [4.78, 5) is 14.2. The maximum absolute atomic E-state index is 12.4. The van der Waals surface area contributed by atoms with E-state index in [0.29, 0.717) is 37.6 Å². The molecule has 1 aromatic carbocycles. The number of carbonyl (C=O) groups is 1. The Morgan fingerprint density at radius 3 is 2.61 bits per heavy atom. The summed E-state index contributed by atoms with van der Waals surface area (Å²) in [6.45, 7) is 1.71. The molecule has 0 spiro atoms. The van der Waals surface area contributed by atoms with Crippen molar-refractivity contribution in [2.24, 2.45) is 5.73 Å². The largest absolute Gasteiger partial charge is 0.337 e. The van der Waals surface area contributed by atoms with Crippen LogP contribution in [0, 0.1) is 0 Å². The van der Waals surface area contributed by atoms with Crippen LogP contribution in [0.2, 0.25) is 0 Å². The van der Waals surface area contributed by atoms with Gasteiger partial charge in [-0.3, -0.25) is 9.00 Å². The standard InChI is InChI=1S/C13H18N2O2S/c14-6-5-11-3-1-2-4-12(11)13(16)15-7-9-18(17)10-8-15/h1-4H,5-10,14H2. The highest BCUT2D eigenvalue weighted by Crippen LogP contribution is 2.14. The third-order valence-corrected chi connectivity index (χ3v) is 4.40. The number of hydrogen-bond acceptors (Lipinski definition) is 3. The second kappa shape index (κ2) is 6.11. The van der Waals surface area contributed by atoms with Crippen LogP contribution in [-0.4, -0.2) is 46.2 Å². The Bertz CT molecular complexity index is 452. The molecule has 1 saturated heterocycles. The molecule has 5 heteroatoms. The molecule has 4 nitrogen and oxygen atoms in total. The molecule has 2 N–H and O–H groups in total. The van der Waals surface area contributed by atoms with Gasteiger partial charge in [-0.1, -0.05) is 18.2 Å². The highest BCUT2D eigenvalue weighted by molar-refractivity contribution is 7.85. The van der Waals surface area contributed by atoms with Crippen LogP contribution >= 0.6 is 0 Å². The fraction of sp³-hybridized carbons (Fsp3) is 0.462. The van der Waals surface area contributed by atoms with Crippen molar-refractivity contribution in [2.75, 3.05) is 31.1 Å².